The second-order valence-electron chi connectivity index (χ2n) is 6.78. The smallest absolute Gasteiger partial charge is 0.220 e. The van der Waals surface area contributed by atoms with Crippen LogP contribution in [0.3, 0.4) is 0 Å². The maximum atomic E-state index is 12.4. The zero-order chi connectivity index (χ0) is 21.0. The molecule has 0 fully saturated rings. The van der Waals surface area contributed by atoms with Crippen molar-refractivity contribution in [3.63, 3.8) is 0 Å². The number of aromatic nitrogens is 1. The predicted octanol–water partition coefficient (Wildman–Crippen LogP) is 5.78. The van der Waals surface area contributed by atoms with Crippen LogP contribution in [0.2, 0.25) is 10.0 Å². The van der Waals surface area contributed by atoms with Crippen molar-refractivity contribution < 1.29 is 13.9 Å². The molecule has 0 aliphatic rings. The van der Waals surface area contributed by atoms with E-state index in [0.717, 1.165) is 16.9 Å². The monoisotopic (exact) mass is 432 g/mol. The van der Waals surface area contributed by atoms with Crippen molar-refractivity contribution in [1.29, 1.82) is 0 Å². The molecule has 3 aromatic rings. The van der Waals surface area contributed by atoms with Crippen molar-refractivity contribution in [3.05, 3.63) is 69.7 Å². The molecule has 1 heterocycles. The van der Waals surface area contributed by atoms with Crippen molar-refractivity contribution in [2.45, 2.75) is 32.7 Å². The highest BCUT2D eigenvalue weighted by Gasteiger charge is 2.16. The molecule has 0 saturated heterocycles. The van der Waals surface area contributed by atoms with Crippen molar-refractivity contribution in [3.8, 4) is 17.1 Å². The number of carbonyl (C=O) groups excluding carboxylic acids is 1. The van der Waals surface area contributed by atoms with E-state index in [0.29, 0.717) is 33.7 Å². The van der Waals surface area contributed by atoms with Gasteiger partial charge in [0.2, 0.25) is 5.91 Å². The van der Waals surface area contributed by atoms with Gasteiger partial charge in [0.15, 0.2) is 11.7 Å². The highest BCUT2D eigenvalue weighted by atomic mass is 35.5. The summed E-state index contributed by atoms with van der Waals surface area (Å²) < 4.78 is 11.1. The van der Waals surface area contributed by atoms with Crippen molar-refractivity contribution in [2.24, 2.45) is 0 Å². The number of methoxy groups -OCH3 is 1. The first-order valence-corrected chi connectivity index (χ1v) is 9.97. The van der Waals surface area contributed by atoms with Gasteiger partial charge in [-0.15, -0.1) is 0 Å². The van der Waals surface area contributed by atoms with E-state index in [-0.39, 0.29) is 18.4 Å². The number of hydrogen-bond acceptors (Lipinski definition) is 4. The Kier molecular flexibility index (Phi) is 6.83. The van der Waals surface area contributed by atoms with Crippen LogP contribution in [0.25, 0.3) is 11.3 Å². The van der Waals surface area contributed by atoms with Crippen LogP contribution in [0.1, 0.15) is 36.4 Å². The molecule has 2 aromatic carbocycles. The molecule has 0 unspecified atom stereocenters. The van der Waals surface area contributed by atoms with E-state index in [2.05, 4.69) is 10.3 Å². The number of halogens is 2. The maximum Gasteiger partial charge on any atom is 0.220 e. The Hall–Kier alpha value is -2.50. The normalized spacial score (nSPS) is 11.9. The number of nitrogens with one attached hydrogen (secondary N) is 1. The van der Waals surface area contributed by atoms with Crippen LogP contribution in [-0.4, -0.2) is 18.0 Å². The molecule has 29 heavy (non-hydrogen) atoms. The molecular formula is C22H22Cl2N2O3. The quantitative estimate of drug-likeness (QED) is 0.513. The molecule has 5 nitrogen and oxygen atoms in total. The number of oxazole rings is 1. The molecule has 0 saturated carbocycles. The van der Waals surface area contributed by atoms with Gasteiger partial charge in [0.1, 0.15) is 5.75 Å². The van der Waals surface area contributed by atoms with Gasteiger partial charge in [-0.3, -0.25) is 4.79 Å². The molecule has 0 aliphatic carbocycles. The van der Waals surface area contributed by atoms with Gasteiger partial charge in [-0.25, -0.2) is 4.98 Å². The Morgan fingerprint density at radius 2 is 2.03 bits per heavy atom. The summed E-state index contributed by atoms with van der Waals surface area (Å²) in [5.74, 6) is 1.67. The second kappa shape index (κ2) is 9.33. The van der Waals surface area contributed by atoms with Gasteiger partial charge in [0, 0.05) is 29.0 Å². The van der Waals surface area contributed by atoms with Crippen LogP contribution in [0.5, 0.6) is 5.75 Å². The van der Waals surface area contributed by atoms with Crippen LogP contribution in [0.4, 0.5) is 0 Å². The Morgan fingerprint density at radius 1 is 1.24 bits per heavy atom. The molecule has 0 radical (unpaired) electrons. The van der Waals surface area contributed by atoms with Gasteiger partial charge < -0.3 is 14.5 Å². The highest BCUT2D eigenvalue weighted by molar-refractivity contribution is 6.36. The summed E-state index contributed by atoms with van der Waals surface area (Å²) in [5.41, 5.74) is 2.76. The average molecular weight is 433 g/mol. The minimum absolute atomic E-state index is 0.0923. The second-order valence-corrected chi connectivity index (χ2v) is 7.62. The summed E-state index contributed by atoms with van der Waals surface area (Å²) in [7, 11) is 1.62. The van der Waals surface area contributed by atoms with Crippen LogP contribution in [0.15, 0.2) is 47.0 Å². The summed E-state index contributed by atoms with van der Waals surface area (Å²) in [6.07, 6.45) is 2.24. The zero-order valence-electron chi connectivity index (χ0n) is 16.5. The summed E-state index contributed by atoms with van der Waals surface area (Å²) in [6, 6.07) is 10.9. The van der Waals surface area contributed by atoms with Gasteiger partial charge >= 0.3 is 0 Å². The average Bonchev–Trinajstić information content (AvgIpc) is 3.15. The number of ether oxygens (including phenoxy) is 1. The molecule has 0 spiro atoms. The number of amides is 1. The molecular weight excluding hydrogens is 411 g/mol. The van der Waals surface area contributed by atoms with E-state index < -0.39 is 0 Å². The fourth-order valence-corrected chi connectivity index (χ4v) is 3.55. The third-order valence-corrected chi connectivity index (χ3v) is 5.09. The number of hydrogen-bond donors (Lipinski definition) is 1. The third kappa shape index (κ3) is 5.31. The van der Waals surface area contributed by atoms with Crippen LogP contribution >= 0.6 is 23.2 Å². The summed E-state index contributed by atoms with van der Waals surface area (Å²) in [5, 5.41) is 4.03. The van der Waals surface area contributed by atoms with Crippen molar-refractivity contribution in [1.82, 2.24) is 10.3 Å². The number of benzene rings is 2. The number of rotatable bonds is 7. The first-order chi connectivity index (χ1) is 13.9. The molecule has 3 rings (SSSR count). The predicted molar refractivity (Wildman–Crippen MR) is 115 cm³/mol. The SMILES string of the molecule is COc1ccc(C)cc1[C@H](C)NC(=O)CCc1ncc(-c2ccc(Cl)cc2Cl)o1. The number of aryl methyl sites for hydroxylation is 2. The lowest BCUT2D eigenvalue weighted by Gasteiger charge is -2.18. The molecule has 0 bridgehead atoms. The first-order valence-electron chi connectivity index (χ1n) is 9.21. The molecule has 1 atom stereocenters. The van der Waals surface area contributed by atoms with Crippen molar-refractivity contribution in [2.75, 3.05) is 7.11 Å². The topological polar surface area (TPSA) is 64.4 Å². The zero-order valence-corrected chi connectivity index (χ0v) is 18.0. The van der Waals surface area contributed by atoms with E-state index >= 15 is 0 Å². The molecule has 152 valence electrons. The summed E-state index contributed by atoms with van der Waals surface area (Å²) in [4.78, 5) is 16.6. The van der Waals surface area contributed by atoms with E-state index in [4.69, 9.17) is 32.4 Å². The van der Waals surface area contributed by atoms with Gasteiger partial charge in [-0.1, -0.05) is 40.9 Å². The molecule has 1 aromatic heterocycles. The van der Waals surface area contributed by atoms with E-state index in [1.54, 1.807) is 31.5 Å². The van der Waals surface area contributed by atoms with Crippen LogP contribution in [-0.2, 0) is 11.2 Å². The first kappa shape index (κ1) is 21.2. The fraction of sp³-hybridized carbons (Fsp3) is 0.273. The molecule has 7 heteroatoms. The largest absolute Gasteiger partial charge is 0.496 e. The van der Waals surface area contributed by atoms with E-state index in [9.17, 15) is 4.79 Å². The van der Waals surface area contributed by atoms with E-state index in [1.807, 2.05) is 32.0 Å². The number of carbonyl (C=O) groups is 1. The van der Waals surface area contributed by atoms with Gasteiger partial charge in [0.05, 0.1) is 24.4 Å². The van der Waals surface area contributed by atoms with Crippen molar-refractivity contribution >= 4 is 29.1 Å². The Morgan fingerprint density at radius 3 is 2.76 bits per heavy atom. The Balaban J connectivity index is 1.60. The summed E-state index contributed by atoms with van der Waals surface area (Å²) >= 11 is 12.1. The standard InChI is InChI=1S/C22H22Cl2N2O3/c1-13-4-7-19(28-3)17(10-13)14(2)26-21(27)8-9-22-25-12-20(29-22)16-6-5-15(23)11-18(16)24/h4-7,10-12,14H,8-9H2,1-3H3,(H,26,27)/t14-/m0/s1. The minimum atomic E-state index is -0.176. The lowest BCUT2D eigenvalue weighted by atomic mass is 10.0. The molecule has 1 N–H and O–H groups in total. The van der Waals surface area contributed by atoms with Crippen LogP contribution in [0, 0.1) is 6.92 Å². The lowest BCUT2D eigenvalue weighted by Crippen LogP contribution is -2.27. The van der Waals surface area contributed by atoms with Gasteiger partial charge in [-0.2, -0.15) is 0 Å². The third-order valence-electron chi connectivity index (χ3n) is 4.55. The number of nitrogens with zero attached hydrogens (tertiary/aromatic N) is 1. The fourth-order valence-electron chi connectivity index (χ4n) is 3.04. The van der Waals surface area contributed by atoms with Gasteiger partial charge in [0.25, 0.3) is 0 Å². The minimum Gasteiger partial charge on any atom is -0.496 e. The Labute approximate surface area is 180 Å². The van der Waals surface area contributed by atoms with Crippen LogP contribution < -0.4 is 10.1 Å². The molecule has 1 amide bonds. The summed E-state index contributed by atoms with van der Waals surface area (Å²) in [6.45, 7) is 3.94. The lowest BCUT2D eigenvalue weighted by molar-refractivity contribution is -0.121. The van der Waals surface area contributed by atoms with E-state index in [1.165, 1.54) is 0 Å². The van der Waals surface area contributed by atoms with Gasteiger partial charge in [-0.05, 0) is 38.1 Å². The Bertz CT molecular complexity index is 1020. The maximum absolute atomic E-state index is 12.4. The highest BCUT2D eigenvalue weighted by Crippen LogP contribution is 2.31. The molecule has 0 aliphatic heterocycles.